The fraction of sp³-hybridized carbons (Fsp3) is 0.188. The number of thiophene rings is 2. The number of nitrogens with zero attached hydrogens (tertiary/aromatic N) is 3. The van der Waals surface area contributed by atoms with Crippen molar-refractivity contribution in [3.8, 4) is 39.4 Å². The minimum atomic E-state index is -0.527. The van der Waals surface area contributed by atoms with Crippen molar-refractivity contribution in [1.29, 1.82) is 0 Å². The highest BCUT2D eigenvalue weighted by Crippen LogP contribution is 2.40. The lowest BCUT2D eigenvalue weighted by Gasteiger charge is -2.10. The van der Waals surface area contributed by atoms with E-state index in [0.29, 0.717) is 33.6 Å². The minimum absolute atomic E-state index is 0.0686. The number of hydrogen-bond donors (Lipinski definition) is 1. The van der Waals surface area contributed by atoms with Gasteiger partial charge in [-0.25, -0.2) is 4.79 Å². The molecule has 1 amide bonds. The van der Waals surface area contributed by atoms with Crippen molar-refractivity contribution in [2.75, 3.05) is 25.3 Å². The second kappa shape index (κ2) is 13.4. The van der Waals surface area contributed by atoms with Gasteiger partial charge in [0.2, 0.25) is 5.91 Å². The molecular weight excluding hydrogens is 601 g/mol. The Kier molecular flexibility index (Phi) is 9.44. The first-order valence-corrected chi connectivity index (χ1v) is 16.1. The number of allylic oxidation sites excluding steroid dienone is 1. The molecule has 43 heavy (non-hydrogen) atoms. The Labute approximate surface area is 262 Å². The molecule has 8 nitrogen and oxygen atoms in total. The van der Waals surface area contributed by atoms with Gasteiger partial charge < -0.3 is 14.8 Å². The molecule has 0 atom stereocenters. The van der Waals surface area contributed by atoms with E-state index in [-0.39, 0.29) is 11.7 Å². The molecule has 0 fully saturated rings. The Bertz CT molecular complexity index is 1770. The lowest BCUT2D eigenvalue weighted by atomic mass is 10.0. The molecule has 0 aliphatic carbocycles. The molecule has 0 bridgehead atoms. The van der Waals surface area contributed by atoms with E-state index in [9.17, 15) is 9.59 Å². The van der Waals surface area contributed by atoms with Gasteiger partial charge in [0.05, 0.1) is 20.0 Å². The summed E-state index contributed by atoms with van der Waals surface area (Å²) in [6, 6.07) is 15.8. The Hall–Kier alpha value is -4.19. The molecular formula is C32H30N4O4S3. The first kappa shape index (κ1) is 30.3. The number of aromatic nitrogens is 3. The molecule has 0 radical (unpaired) electrons. The third kappa shape index (κ3) is 6.43. The van der Waals surface area contributed by atoms with Crippen LogP contribution in [-0.2, 0) is 16.1 Å². The number of methoxy groups -OCH3 is 2. The molecule has 1 N–H and O–H groups in total. The first-order chi connectivity index (χ1) is 20.8. The number of esters is 1. The van der Waals surface area contributed by atoms with Gasteiger partial charge in [0.1, 0.15) is 16.3 Å². The highest BCUT2D eigenvalue weighted by Gasteiger charge is 2.24. The van der Waals surface area contributed by atoms with Crippen LogP contribution in [0.2, 0.25) is 0 Å². The Morgan fingerprint density at radius 1 is 0.977 bits per heavy atom. The lowest BCUT2D eigenvalue weighted by Crippen LogP contribution is -2.16. The average molecular weight is 631 g/mol. The largest absolute Gasteiger partial charge is 0.497 e. The number of nitrogens with one attached hydrogen (secondary N) is 1. The van der Waals surface area contributed by atoms with Crippen LogP contribution in [0.3, 0.4) is 0 Å². The topological polar surface area (TPSA) is 95.3 Å². The van der Waals surface area contributed by atoms with Crippen molar-refractivity contribution < 1.29 is 19.1 Å². The summed E-state index contributed by atoms with van der Waals surface area (Å²) in [7, 11) is 2.92. The van der Waals surface area contributed by atoms with Crippen molar-refractivity contribution in [2.24, 2.45) is 0 Å². The zero-order valence-electron chi connectivity index (χ0n) is 24.2. The van der Waals surface area contributed by atoms with Gasteiger partial charge in [0.15, 0.2) is 11.0 Å². The molecule has 5 aromatic rings. The summed E-state index contributed by atoms with van der Waals surface area (Å²) in [5, 5.41) is 16.8. The Morgan fingerprint density at radius 2 is 1.67 bits per heavy atom. The van der Waals surface area contributed by atoms with E-state index in [2.05, 4.69) is 65.6 Å². The summed E-state index contributed by atoms with van der Waals surface area (Å²) in [6.07, 6.45) is 1.79. The number of amides is 1. The third-order valence-electron chi connectivity index (χ3n) is 6.75. The smallest absolute Gasteiger partial charge is 0.341 e. The van der Waals surface area contributed by atoms with Gasteiger partial charge in [-0.3, -0.25) is 9.36 Å². The fourth-order valence-corrected chi connectivity index (χ4v) is 7.20. The molecule has 2 aromatic carbocycles. The van der Waals surface area contributed by atoms with Crippen molar-refractivity contribution in [1.82, 2.24) is 14.8 Å². The maximum Gasteiger partial charge on any atom is 0.341 e. The summed E-state index contributed by atoms with van der Waals surface area (Å²) in [5.41, 5.74) is 6.22. The first-order valence-electron chi connectivity index (χ1n) is 13.3. The average Bonchev–Trinajstić information content (AvgIpc) is 3.73. The van der Waals surface area contributed by atoms with Crippen LogP contribution < -0.4 is 10.1 Å². The molecule has 3 aromatic heterocycles. The highest BCUT2D eigenvalue weighted by molar-refractivity contribution is 7.99. The summed E-state index contributed by atoms with van der Waals surface area (Å²) < 4.78 is 12.3. The van der Waals surface area contributed by atoms with Gasteiger partial charge in [0, 0.05) is 38.9 Å². The fourth-order valence-electron chi connectivity index (χ4n) is 4.62. The highest BCUT2D eigenvalue weighted by atomic mass is 32.2. The van der Waals surface area contributed by atoms with Crippen LogP contribution in [0.25, 0.3) is 33.6 Å². The van der Waals surface area contributed by atoms with E-state index < -0.39 is 5.97 Å². The van der Waals surface area contributed by atoms with Crippen LogP contribution in [0.5, 0.6) is 5.75 Å². The normalized spacial score (nSPS) is 10.9. The SMILES string of the molecule is C=CCn1c(SCC(=O)Nc2scc(-c3ccc(OC)cc3)c2C(=O)OC)nnc1-c1csc(C)c1-c1ccc(C)cc1. The van der Waals surface area contributed by atoms with Gasteiger partial charge >= 0.3 is 5.97 Å². The number of anilines is 1. The van der Waals surface area contributed by atoms with Crippen LogP contribution >= 0.6 is 34.4 Å². The predicted octanol–water partition coefficient (Wildman–Crippen LogP) is 7.73. The lowest BCUT2D eigenvalue weighted by molar-refractivity contribution is -0.113. The molecule has 0 saturated carbocycles. The summed E-state index contributed by atoms with van der Waals surface area (Å²) >= 11 is 4.21. The van der Waals surface area contributed by atoms with E-state index in [1.54, 1.807) is 24.5 Å². The molecule has 220 valence electrons. The standard InChI is InChI=1S/C32H30N4O4S3/c1-6-15-36-29(25-17-41-20(3)27(25)22-9-7-19(2)8-10-22)34-35-32(36)43-18-26(37)33-30-28(31(38)40-5)24(16-42-30)21-11-13-23(39-4)14-12-21/h6-14,16-17H,1,15,18H2,2-5H3,(H,33,37). The zero-order chi connectivity index (χ0) is 30.5. The molecule has 0 aliphatic rings. The quantitative estimate of drug-likeness (QED) is 0.0907. The number of aryl methyl sites for hydroxylation is 2. The number of benzene rings is 2. The molecule has 3 heterocycles. The summed E-state index contributed by atoms with van der Waals surface area (Å²) in [4.78, 5) is 27.1. The number of ether oxygens (including phenoxy) is 2. The maximum absolute atomic E-state index is 13.1. The predicted molar refractivity (Wildman–Crippen MR) is 175 cm³/mol. The van der Waals surface area contributed by atoms with Crippen LogP contribution in [0.4, 0.5) is 5.00 Å². The number of carbonyl (C=O) groups excluding carboxylic acids is 2. The Morgan fingerprint density at radius 3 is 2.35 bits per heavy atom. The molecule has 0 spiro atoms. The van der Waals surface area contributed by atoms with Gasteiger partial charge in [-0.2, -0.15) is 0 Å². The number of rotatable bonds is 11. The minimum Gasteiger partial charge on any atom is -0.497 e. The van der Waals surface area contributed by atoms with Crippen molar-refractivity contribution in [2.45, 2.75) is 25.5 Å². The van der Waals surface area contributed by atoms with Crippen LogP contribution in [-0.4, -0.2) is 46.6 Å². The molecule has 0 aliphatic heterocycles. The van der Waals surface area contributed by atoms with Gasteiger partial charge in [-0.1, -0.05) is 59.8 Å². The number of thioether (sulfide) groups is 1. The zero-order valence-corrected chi connectivity index (χ0v) is 26.6. The van der Waals surface area contributed by atoms with Crippen LogP contribution in [0.1, 0.15) is 20.8 Å². The van der Waals surface area contributed by atoms with E-state index in [1.165, 1.54) is 40.6 Å². The van der Waals surface area contributed by atoms with Gasteiger partial charge in [0.25, 0.3) is 0 Å². The Balaban J connectivity index is 1.37. The van der Waals surface area contributed by atoms with Gasteiger partial charge in [-0.05, 0) is 37.1 Å². The number of carbonyl (C=O) groups is 2. The van der Waals surface area contributed by atoms with Crippen molar-refractivity contribution in [3.05, 3.63) is 88.0 Å². The van der Waals surface area contributed by atoms with Gasteiger partial charge in [-0.15, -0.1) is 39.4 Å². The monoisotopic (exact) mass is 630 g/mol. The number of hydrogen-bond acceptors (Lipinski definition) is 9. The summed E-state index contributed by atoms with van der Waals surface area (Å²) in [5.74, 6) is 0.690. The van der Waals surface area contributed by atoms with Crippen LogP contribution in [0, 0.1) is 13.8 Å². The summed E-state index contributed by atoms with van der Waals surface area (Å²) in [6.45, 7) is 8.57. The van der Waals surface area contributed by atoms with E-state index in [1.807, 2.05) is 34.2 Å². The third-order valence-corrected chi connectivity index (χ3v) is 9.52. The molecule has 0 saturated heterocycles. The van der Waals surface area contributed by atoms with E-state index in [0.717, 1.165) is 28.1 Å². The van der Waals surface area contributed by atoms with Crippen molar-refractivity contribution >= 4 is 51.3 Å². The second-order valence-electron chi connectivity index (χ2n) is 9.56. The second-order valence-corrected chi connectivity index (χ2v) is 12.5. The van der Waals surface area contributed by atoms with E-state index in [4.69, 9.17) is 9.47 Å². The van der Waals surface area contributed by atoms with Crippen molar-refractivity contribution in [3.63, 3.8) is 0 Å². The maximum atomic E-state index is 13.1. The van der Waals surface area contributed by atoms with Crippen LogP contribution in [0.15, 0.2) is 77.1 Å². The molecule has 0 unspecified atom stereocenters. The van der Waals surface area contributed by atoms with E-state index >= 15 is 0 Å². The molecule has 11 heteroatoms. The molecule has 5 rings (SSSR count).